The fourth-order valence-electron chi connectivity index (χ4n) is 2.29. The second kappa shape index (κ2) is 5.23. The van der Waals surface area contributed by atoms with E-state index >= 15 is 0 Å². The van der Waals surface area contributed by atoms with Crippen molar-refractivity contribution in [3.8, 4) is 5.75 Å². The van der Waals surface area contributed by atoms with Crippen molar-refractivity contribution in [1.82, 2.24) is 4.90 Å². The molecule has 4 nitrogen and oxygen atoms in total. The van der Waals surface area contributed by atoms with Crippen LogP contribution < -0.4 is 4.74 Å². The van der Waals surface area contributed by atoms with Crippen LogP contribution in [-0.2, 0) is 4.79 Å². The highest BCUT2D eigenvalue weighted by atomic mass is 16.5. The molecule has 0 saturated heterocycles. The molecule has 96 valence electrons. The van der Waals surface area contributed by atoms with Crippen molar-refractivity contribution in [3.05, 3.63) is 35.4 Å². The van der Waals surface area contributed by atoms with Gasteiger partial charge in [0.05, 0.1) is 12.7 Å². The minimum absolute atomic E-state index is 0.466. The lowest BCUT2D eigenvalue weighted by molar-refractivity contribution is -0.132. The van der Waals surface area contributed by atoms with E-state index < -0.39 is 5.97 Å². The van der Waals surface area contributed by atoms with Crippen LogP contribution >= 0.6 is 0 Å². The molecular formula is C14H17NO3. The van der Waals surface area contributed by atoms with Crippen LogP contribution in [0.3, 0.4) is 0 Å². The first-order chi connectivity index (χ1) is 8.63. The molecule has 18 heavy (non-hydrogen) atoms. The smallest absolute Gasteiger partial charge is 0.333 e. The molecule has 0 unspecified atom stereocenters. The second-order valence-corrected chi connectivity index (χ2v) is 4.45. The Balaban J connectivity index is 2.52. The van der Waals surface area contributed by atoms with E-state index in [1.54, 1.807) is 7.11 Å². The molecule has 1 aliphatic rings. The van der Waals surface area contributed by atoms with Crippen LogP contribution in [0.5, 0.6) is 5.75 Å². The Labute approximate surface area is 106 Å². The average molecular weight is 247 g/mol. The topological polar surface area (TPSA) is 49.8 Å². The van der Waals surface area contributed by atoms with Crippen molar-refractivity contribution in [1.29, 1.82) is 0 Å². The molecule has 1 aromatic rings. The highest BCUT2D eigenvalue weighted by Crippen LogP contribution is 2.33. The molecule has 0 saturated carbocycles. The summed E-state index contributed by atoms with van der Waals surface area (Å²) in [6, 6.07) is 7.57. The Morgan fingerprint density at radius 3 is 2.78 bits per heavy atom. The summed E-state index contributed by atoms with van der Waals surface area (Å²) in [5.41, 5.74) is 2.25. The standard InChI is InChI=1S/C14H17NO3/c1-15-8-7-10(12(9-15)14(16)17)11-5-3-4-6-13(11)18-2/h3-6H,7-9H2,1-2H3,(H,16,17). The molecular weight excluding hydrogens is 230 g/mol. The van der Waals surface area contributed by atoms with Gasteiger partial charge in [-0.25, -0.2) is 4.79 Å². The maximum absolute atomic E-state index is 11.4. The van der Waals surface area contributed by atoms with E-state index in [1.807, 2.05) is 36.2 Å². The molecule has 0 spiro atoms. The van der Waals surface area contributed by atoms with Gasteiger partial charge in [-0.05, 0) is 25.1 Å². The number of hydrogen-bond acceptors (Lipinski definition) is 3. The van der Waals surface area contributed by atoms with Gasteiger partial charge >= 0.3 is 5.97 Å². The second-order valence-electron chi connectivity index (χ2n) is 4.45. The van der Waals surface area contributed by atoms with E-state index in [2.05, 4.69) is 0 Å². The predicted molar refractivity (Wildman–Crippen MR) is 69.7 cm³/mol. The van der Waals surface area contributed by atoms with Crippen LogP contribution in [-0.4, -0.2) is 43.2 Å². The van der Waals surface area contributed by atoms with Gasteiger partial charge in [0.2, 0.25) is 0 Å². The number of para-hydroxylation sites is 1. The zero-order valence-electron chi connectivity index (χ0n) is 10.6. The molecule has 0 atom stereocenters. The lowest BCUT2D eigenvalue weighted by atomic mass is 9.93. The fraction of sp³-hybridized carbons (Fsp3) is 0.357. The number of carboxylic acids is 1. The molecule has 1 aromatic carbocycles. The first-order valence-electron chi connectivity index (χ1n) is 5.90. The third-order valence-electron chi connectivity index (χ3n) is 3.23. The number of ether oxygens (including phenoxy) is 1. The Morgan fingerprint density at radius 1 is 1.39 bits per heavy atom. The SMILES string of the molecule is COc1ccccc1C1=C(C(=O)O)CN(C)CC1. The van der Waals surface area contributed by atoms with Gasteiger partial charge in [0, 0.05) is 18.7 Å². The van der Waals surface area contributed by atoms with Crippen molar-refractivity contribution in [2.24, 2.45) is 0 Å². The van der Waals surface area contributed by atoms with Crippen molar-refractivity contribution in [2.75, 3.05) is 27.2 Å². The maximum Gasteiger partial charge on any atom is 0.333 e. The van der Waals surface area contributed by atoms with Crippen LogP contribution in [0, 0.1) is 0 Å². The van der Waals surface area contributed by atoms with E-state index in [0.717, 1.165) is 29.9 Å². The van der Waals surface area contributed by atoms with Gasteiger partial charge in [0.25, 0.3) is 0 Å². The first-order valence-corrected chi connectivity index (χ1v) is 5.90. The molecule has 0 aliphatic carbocycles. The van der Waals surface area contributed by atoms with Gasteiger partial charge in [0.1, 0.15) is 5.75 Å². The number of likely N-dealkylation sites (N-methyl/N-ethyl adjacent to an activating group) is 1. The Hall–Kier alpha value is -1.81. The molecule has 1 heterocycles. The maximum atomic E-state index is 11.4. The number of hydrogen-bond donors (Lipinski definition) is 1. The Morgan fingerprint density at radius 2 is 2.11 bits per heavy atom. The van der Waals surface area contributed by atoms with E-state index in [9.17, 15) is 9.90 Å². The van der Waals surface area contributed by atoms with E-state index in [0.29, 0.717) is 12.1 Å². The van der Waals surface area contributed by atoms with Crippen LogP contribution in [0.4, 0.5) is 0 Å². The largest absolute Gasteiger partial charge is 0.496 e. The van der Waals surface area contributed by atoms with E-state index in [1.165, 1.54) is 0 Å². The number of methoxy groups -OCH3 is 1. The van der Waals surface area contributed by atoms with Crippen molar-refractivity contribution >= 4 is 11.5 Å². The van der Waals surface area contributed by atoms with Gasteiger partial charge in [-0.2, -0.15) is 0 Å². The van der Waals surface area contributed by atoms with E-state index in [4.69, 9.17) is 4.74 Å². The summed E-state index contributed by atoms with van der Waals surface area (Å²) in [5.74, 6) is -0.113. The molecule has 0 bridgehead atoms. The fourth-order valence-corrected chi connectivity index (χ4v) is 2.29. The summed E-state index contributed by atoms with van der Waals surface area (Å²) in [4.78, 5) is 13.4. The summed E-state index contributed by atoms with van der Waals surface area (Å²) in [6.07, 6.45) is 0.735. The molecule has 0 aromatic heterocycles. The summed E-state index contributed by atoms with van der Waals surface area (Å²) in [6.45, 7) is 1.34. The number of carbonyl (C=O) groups is 1. The molecule has 0 radical (unpaired) electrons. The number of nitrogens with zero attached hydrogens (tertiary/aromatic N) is 1. The average Bonchev–Trinajstić information content (AvgIpc) is 2.38. The molecule has 2 rings (SSSR count). The molecule has 1 aliphatic heterocycles. The van der Waals surface area contributed by atoms with Crippen LogP contribution in [0.1, 0.15) is 12.0 Å². The Kier molecular flexibility index (Phi) is 3.67. The minimum Gasteiger partial charge on any atom is -0.496 e. The van der Waals surface area contributed by atoms with Gasteiger partial charge in [-0.15, -0.1) is 0 Å². The highest BCUT2D eigenvalue weighted by Gasteiger charge is 2.23. The highest BCUT2D eigenvalue weighted by molar-refractivity contribution is 5.98. The lowest BCUT2D eigenvalue weighted by Gasteiger charge is -2.26. The van der Waals surface area contributed by atoms with Crippen LogP contribution in [0.2, 0.25) is 0 Å². The zero-order chi connectivity index (χ0) is 13.1. The van der Waals surface area contributed by atoms with Gasteiger partial charge in [-0.3, -0.25) is 0 Å². The minimum atomic E-state index is -0.845. The first kappa shape index (κ1) is 12.6. The number of rotatable bonds is 3. The van der Waals surface area contributed by atoms with Crippen molar-refractivity contribution in [3.63, 3.8) is 0 Å². The van der Waals surface area contributed by atoms with Crippen LogP contribution in [0.25, 0.3) is 5.57 Å². The van der Waals surface area contributed by atoms with Gasteiger partial charge in [0.15, 0.2) is 0 Å². The molecule has 0 fully saturated rings. The summed E-state index contributed by atoms with van der Waals surface area (Å²) < 4.78 is 5.31. The third kappa shape index (κ3) is 2.38. The number of aliphatic carboxylic acids is 1. The van der Waals surface area contributed by atoms with Crippen LogP contribution in [0.15, 0.2) is 29.8 Å². The van der Waals surface area contributed by atoms with Gasteiger partial charge < -0.3 is 14.7 Å². The monoisotopic (exact) mass is 247 g/mol. The van der Waals surface area contributed by atoms with Crippen molar-refractivity contribution < 1.29 is 14.6 Å². The van der Waals surface area contributed by atoms with E-state index in [-0.39, 0.29) is 0 Å². The van der Waals surface area contributed by atoms with Crippen molar-refractivity contribution in [2.45, 2.75) is 6.42 Å². The molecule has 0 amide bonds. The lowest BCUT2D eigenvalue weighted by Crippen LogP contribution is -2.30. The Bertz CT molecular complexity index is 494. The summed E-state index contributed by atoms with van der Waals surface area (Å²) in [5, 5.41) is 9.33. The van der Waals surface area contributed by atoms with Gasteiger partial charge in [-0.1, -0.05) is 18.2 Å². The number of benzene rings is 1. The molecule has 4 heteroatoms. The number of carboxylic acid groups (broad SMARTS) is 1. The third-order valence-corrected chi connectivity index (χ3v) is 3.23. The molecule has 1 N–H and O–H groups in total. The zero-order valence-corrected chi connectivity index (χ0v) is 10.6. The summed E-state index contributed by atoms with van der Waals surface area (Å²) >= 11 is 0. The summed E-state index contributed by atoms with van der Waals surface area (Å²) in [7, 11) is 3.54. The normalized spacial score (nSPS) is 16.8. The quantitative estimate of drug-likeness (QED) is 0.886. The predicted octanol–water partition coefficient (Wildman–Crippen LogP) is 1.87.